The summed E-state index contributed by atoms with van der Waals surface area (Å²) in [7, 11) is 0. The van der Waals surface area contributed by atoms with Crippen LogP contribution in [0.25, 0.3) is 0 Å². The average molecular weight is 158 g/mol. The molecule has 0 saturated heterocycles. The lowest BCUT2D eigenvalue weighted by atomic mass is 10.2. The minimum atomic E-state index is -1.04. The van der Waals surface area contributed by atoms with Gasteiger partial charge in [0.05, 0.1) is 6.61 Å². The molecule has 0 bridgehead atoms. The molecule has 0 radical (unpaired) electrons. The summed E-state index contributed by atoms with van der Waals surface area (Å²) < 4.78 is 4.67. The predicted molar refractivity (Wildman–Crippen MR) is 42.1 cm³/mol. The minimum absolute atomic E-state index is 0.253. The van der Waals surface area contributed by atoms with Gasteiger partial charge in [-0.15, -0.1) is 6.58 Å². The van der Waals surface area contributed by atoms with E-state index < -0.39 is 12.1 Å². The van der Waals surface area contributed by atoms with Crippen LogP contribution < -0.4 is 0 Å². The molecular formula is C8H14O3. The van der Waals surface area contributed by atoms with Crippen LogP contribution in [0.15, 0.2) is 12.7 Å². The molecule has 0 aliphatic heterocycles. The van der Waals surface area contributed by atoms with Gasteiger partial charge in [0, 0.05) is 6.42 Å². The molecule has 0 aromatic rings. The number of hydrogen-bond acceptors (Lipinski definition) is 3. The maximum Gasteiger partial charge on any atom is 0.335 e. The first-order valence-electron chi connectivity index (χ1n) is 3.68. The van der Waals surface area contributed by atoms with E-state index in [2.05, 4.69) is 11.3 Å². The molecule has 0 aliphatic carbocycles. The molecule has 0 fully saturated rings. The Morgan fingerprint density at radius 2 is 2.45 bits per heavy atom. The van der Waals surface area contributed by atoms with Gasteiger partial charge < -0.3 is 9.84 Å². The van der Waals surface area contributed by atoms with E-state index in [0.717, 1.165) is 6.42 Å². The number of ether oxygens (including phenoxy) is 1. The van der Waals surface area contributed by atoms with Gasteiger partial charge in [0.1, 0.15) is 0 Å². The molecule has 0 aliphatic rings. The monoisotopic (exact) mass is 158 g/mol. The van der Waals surface area contributed by atoms with Crippen LogP contribution in [0.2, 0.25) is 0 Å². The molecule has 0 aromatic heterocycles. The van der Waals surface area contributed by atoms with Gasteiger partial charge in [-0.3, -0.25) is 0 Å². The van der Waals surface area contributed by atoms with Crippen molar-refractivity contribution in [3.8, 4) is 0 Å². The molecule has 0 spiro atoms. The third-order valence-electron chi connectivity index (χ3n) is 1.11. The van der Waals surface area contributed by atoms with Crippen molar-refractivity contribution in [3.05, 3.63) is 12.7 Å². The largest absolute Gasteiger partial charge is 0.464 e. The van der Waals surface area contributed by atoms with Crippen LogP contribution in [-0.2, 0) is 9.53 Å². The summed E-state index contributed by atoms with van der Waals surface area (Å²) in [6, 6.07) is 0. The smallest absolute Gasteiger partial charge is 0.335 e. The molecule has 1 unspecified atom stereocenters. The van der Waals surface area contributed by atoms with E-state index in [0.29, 0.717) is 6.61 Å². The maximum absolute atomic E-state index is 10.8. The van der Waals surface area contributed by atoms with Gasteiger partial charge in [-0.1, -0.05) is 13.0 Å². The molecule has 0 amide bonds. The second kappa shape index (κ2) is 5.92. The Bertz CT molecular complexity index is 131. The van der Waals surface area contributed by atoms with E-state index in [9.17, 15) is 4.79 Å². The molecule has 0 aromatic carbocycles. The van der Waals surface area contributed by atoms with Crippen LogP contribution in [-0.4, -0.2) is 23.8 Å². The Kier molecular flexibility index (Phi) is 5.47. The third kappa shape index (κ3) is 4.56. The van der Waals surface area contributed by atoms with E-state index in [4.69, 9.17) is 5.11 Å². The SMILES string of the molecule is C=CCC(O)C(=O)OCCC. The number of carbonyl (C=O) groups is 1. The van der Waals surface area contributed by atoms with Crippen LogP contribution in [0, 0.1) is 0 Å². The average Bonchev–Trinajstić information content (AvgIpc) is 2.00. The van der Waals surface area contributed by atoms with Crippen LogP contribution in [0.1, 0.15) is 19.8 Å². The predicted octanol–water partition coefficient (Wildman–Crippen LogP) is 0.877. The molecule has 64 valence electrons. The van der Waals surface area contributed by atoms with E-state index in [1.165, 1.54) is 6.08 Å². The van der Waals surface area contributed by atoms with Crippen molar-refractivity contribution in [3.63, 3.8) is 0 Å². The van der Waals surface area contributed by atoms with Crippen LogP contribution in [0.4, 0.5) is 0 Å². The van der Waals surface area contributed by atoms with E-state index in [1.807, 2.05) is 6.92 Å². The van der Waals surface area contributed by atoms with E-state index >= 15 is 0 Å². The van der Waals surface area contributed by atoms with Gasteiger partial charge in [0.15, 0.2) is 6.10 Å². The number of esters is 1. The molecule has 0 heterocycles. The summed E-state index contributed by atoms with van der Waals surface area (Å²) in [6.07, 6.45) is 1.46. The van der Waals surface area contributed by atoms with Gasteiger partial charge in [0.25, 0.3) is 0 Å². The fraction of sp³-hybridized carbons (Fsp3) is 0.625. The topological polar surface area (TPSA) is 46.5 Å². The van der Waals surface area contributed by atoms with Crippen molar-refractivity contribution in [2.45, 2.75) is 25.9 Å². The highest BCUT2D eigenvalue weighted by atomic mass is 16.5. The van der Waals surface area contributed by atoms with Gasteiger partial charge in [-0.25, -0.2) is 4.79 Å². The lowest BCUT2D eigenvalue weighted by molar-refractivity contribution is -0.153. The second-order valence-electron chi connectivity index (χ2n) is 2.21. The van der Waals surface area contributed by atoms with Crippen molar-refractivity contribution < 1.29 is 14.6 Å². The second-order valence-corrected chi connectivity index (χ2v) is 2.21. The summed E-state index contributed by atoms with van der Waals surface area (Å²) >= 11 is 0. The first-order valence-corrected chi connectivity index (χ1v) is 3.68. The summed E-state index contributed by atoms with van der Waals surface area (Å²) in [5, 5.41) is 9.00. The molecular weight excluding hydrogens is 144 g/mol. The Hall–Kier alpha value is -0.830. The van der Waals surface area contributed by atoms with Crippen molar-refractivity contribution in [2.24, 2.45) is 0 Å². The zero-order valence-corrected chi connectivity index (χ0v) is 6.75. The normalized spacial score (nSPS) is 12.2. The van der Waals surface area contributed by atoms with Gasteiger partial charge >= 0.3 is 5.97 Å². The molecule has 11 heavy (non-hydrogen) atoms. The molecule has 1 atom stereocenters. The summed E-state index contributed by atoms with van der Waals surface area (Å²) in [4.78, 5) is 10.8. The molecule has 1 N–H and O–H groups in total. The fourth-order valence-corrected chi connectivity index (χ4v) is 0.553. The van der Waals surface area contributed by atoms with Gasteiger partial charge in [-0.2, -0.15) is 0 Å². The van der Waals surface area contributed by atoms with Crippen molar-refractivity contribution >= 4 is 5.97 Å². The highest BCUT2D eigenvalue weighted by Crippen LogP contribution is 1.95. The number of rotatable bonds is 5. The van der Waals surface area contributed by atoms with E-state index in [-0.39, 0.29) is 6.42 Å². The Morgan fingerprint density at radius 1 is 1.82 bits per heavy atom. The third-order valence-corrected chi connectivity index (χ3v) is 1.11. The number of carbonyl (C=O) groups excluding carboxylic acids is 1. The minimum Gasteiger partial charge on any atom is -0.464 e. The molecule has 0 saturated carbocycles. The quantitative estimate of drug-likeness (QED) is 0.477. The zero-order valence-electron chi connectivity index (χ0n) is 6.75. The lowest BCUT2D eigenvalue weighted by Crippen LogP contribution is -2.22. The Labute approximate surface area is 66.7 Å². The molecule has 3 heteroatoms. The highest BCUT2D eigenvalue weighted by Gasteiger charge is 2.13. The van der Waals surface area contributed by atoms with Crippen LogP contribution in [0.5, 0.6) is 0 Å². The van der Waals surface area contributed by atoms with Crippen molar-refractivity contribution in [1.29, 1.82) is 0 Å². The number of hydrogen-bond donors (Lipinski definition) is 1. The highest BCUT2D eigenvalue weighted by molar-refractivity contribution is 5.74. The van der Waals surface area contributed by atoms with Gasteiger partial charge in [0.2, 0.25) is 0 Å². The number of aliphatic hydroxyl groups excluding tert-OH is 1. The van der Waals surface area contributed by atoms with E-state index in [1.54, 1.807) is 0 Å². The lowest BCUT2D eigenvalue weighted by Gasteiger charge is -2.06. The van der Waals surface area contributed by atoms with Crippen LogP contribution in [0.3, 0.4) is 0 Å². The Balaban J connectivity index is 3.54. The number of aliphatic hydroxyl groups is 1. The maximum atomic E-state index is 10.8. The molecule has 3 nitrogen and oxygen atoms in total. The Morgan fingerprint density at radius 3 is 2.91 bits per heavy atom. The van der Waals surface area contributed by atoms with Crippen LogP contribution >= 0.6 is 0 Å². The van der Waals surface area contributed by atoms with Crippen molar-refractivity contribution in [1.82, 2.24) is 0 Å². The molecule has 0 rings (SSSR count). The van der Waals surface area contributed by atoms with Crippen molar-refractivity contribution in [2.75, 3.05) is 6.61 Å². The fourth-order valence-electron chi connectivity index (χ4n) is 0.553. The zero-order chi connectivity index (χ0) is 8.69. The van der Waals surface area contributed by atoms with Gasteiger partial charge in [-0.05, 0) is 6.42 Å². The summed E-state index contributed by atoms with van der Waals surface area (Å²) in [6.45, 7) is 5.66. The first-order chi connectivity index (χ1) is 5.22. The first kappa shape index (κ1) is 10.2. The summed E-state index contributed by atoms with van der Waals surface area (Å²) in [5.41, 5.74) is 0. The standard InChI is InChI=1S/C8H14O3/c1-3-5-7(9)8(10)11-6-4-2/h3,7,9H,1,4-6H2,2H3. The summed E-state index contributed by atoms with van der Waals surface area (Å²) in [5.74, 6) is -0.563.